The third kappa shape index (κ3) is 8.04. The number of H-pyrrole nitrogens is 2. The Hall–Kier alpha value is -5.87. The highest BCUT2D eigenvalue weighted by molar-refractivity contribution is 5.83. The molecule has 1 saturated heterocycles. The van der Waals surface area contributed by atoms with Gasteiger partial charge in [0.15, 0.2) is 0 Å². The molecule has 2 amide bonds. The van der Waals surface area contributed by atoms with Crippen LogP contribution in [0.15, 0.2) is 116 Å². The van der Waals surface area contributed by atoms with Crippen LogP contribution in [0.3, 0.4) is 0 Å². The van der Waals surface area contributed by atoms with Gasteiger partial charge in [-0.2, -0.15) is 0 Å². The molecule has 0 spiro atoms. The summed E-state index contributed by atoms with van der Waals surface area (Å²) in [4.78, 5) is 48.6. The largest absolute Gasteiger partial charge is 0.341 e. The fourth-order valence-electron chi connectivity index (χ4n) is 7.37. The minimum absolute atomic E-state index is 0.0440. The molecule has 0 bridgehead atoms. The monoisotopic (exact) mass is 723 g/mol. The fourth-order valence-corrected chi connectivity index (χ4v) is 7.37. The second-order valence-corrected chi connectivity index (χ2v) is 14.1. The Morgan fingerprint density at radius 3 is 2.07 bits per heavy atom. The lowest BCUT2D eigenvalue weighted by atomic mass is 10.0. The van der Waals surface area contributed by atoms with Gasteiger partial charge in [-0.05, 0) is 67.2 Å². The predicted octanol–water partition coefficient (Wildman–Crippen LogP) is 8.22. The summed E-state index contributed by atoms with van der Waals surface area (Å²) in [5.74, 6) is 1.06. The molecule has 54 heavy (non-hydrogen) atoms. The molecule has 7 rings (SSSR count). The number of carbonyl (C=O) groups is 2. The zero-order valence-electron chi connectivity index (χ0n) is 31.0. The molecular weight excluding hydrogens is 678 g/mol. The maximum atomic E-state index is 14.8. The lowest BCUT2D eigenvalue weighted by Gasteiger charge is -2.30. The van der Waals surface area contributed by atoms with Gasteiger partial charge in [-0.25, -0.2) is 14.4 Å². The summed E-state index contributed by atoms with van der Waals surface area (Å²) >= 11 is 0. The average Bonchev–Trinajstić information content (AvgIpc) is 3.98. The van der Waals surface area contributed by atoms with Crippen molar-refractivity contribution in [3.05, 3.63) is 144 Å². The number of nitrogens with zero attached hydrogens (tertiary/aromatic N) is 5. The summed E-state index contributed by atoms with van der Waals surface area (Å²) in [6.07, 6.45) is 6.67. The fraction of sp³-hybridized carbons (Fsp3) is 0.273. The molecule has 4 aromatic carbocycles. The first-order chi connectivity index (χ1) is 26.3. The van der Waals surface area contributed by atoms with Gasteiger partial charge in [-0.1, -0.05) is 104 Å². The second-order valence-electron chi connectivity index (χ2n) is 14.1. The van der Waals surface area contributed by atoms with Gasteiger partial charge in [-0.15, -0.1) is 0 Å². The highest BCUT2D eigenvalue weighted by Crippen LogP contribution is 2.33. The van der Waals surface area contributed by atoms with E-state index in [9.17, 15) is 14.0 Å². The van der Waals surface area contributed by atoms with E-state index in [0.29, 0.717) is 30.9 Å². The van der Waals surface area contributed by atoms with Crippen LogP contribution in [0.1, 0.15) is 61.0 Å². The Kier molecular flexibility index (Phi) is 11.1. The topological polar surface area (TPSA) is 101 Å². The number of likely N-dealkylation sites (N-methyl/N-ethyl adjacent to an activating group) is 1. The van der Waals surface area contributed by atoms with E-state index in [1.807, 2.05) is 48.4 Å². The van der Waals surface area contributed by atoms with Gasteiger partial charge in [0.2, 0.25) is 11.8 Å². The number of nitrogens with one attached hydrogen (secondary N) is 2. The van der Waals surface area contributed by atoms with E-state index in [2.05, 4.69) is 63.5 Å². The predicted molar refractivity (Wildman–Crippen MR) is 209 cm³/mol. The molecule has 9 nitrogen and oxygen atoms in total. The Morgan fingerprint density at radius 1 is 0.815 bits per heavy atom. The Labute approximate surface area is 315 Å². The standard InChI is InChI=1S/C44H46FN7O2/c1-4-24-51(44(54)42(50(2)3)35-13-8-9-14-36(35)45)29-40-46-27-37(48-40)33-20-16-31(17-21-33)32-18-22-34(23-19-32)38-28-47-43(49-38)39-15-10-25-52(39)41(53)26-30-11-6-5-7-12-30/h5-9,11-14,16-23,27-28,39,42H,4,10,15,24-26,29H2,1-3H3,(H,46,48)(H,47,49)/t39-,42+/m0/s1. The molecule has 0 saturated carbocycles. The van der Waals surface area contributed by atoms with Crippen LogP contribution in [-0.4, -0.2) is 73.6 Å². The molecular formula is C44H46FN7O2. The average molecular weight is 724 g/mol. The highest BCUT2D eigenvalue weighted by atomic mass is 19.1. The van der Waals surface area contributed by atoms with Gasteiger partial charge < -0.3 is 19.8 Å². The molecule has 0 radical (unpaired) electrons. The third-order valence-electron chi connectivity index (χ3n) is 10.1. The van der Waals surface area contributed by atoms with E-state index in [4.69, 9.17) is 4.98 Å². The van der Waals surface area contributed by atoms with Gasteiger partial charge in [0.05, 0.1) is 42.8 Å². The number of rotatable bonds is 13. The molecule has 276 valence electrons. The van der Waals surface area contributed by atoms with E-state index in [0.717, 1.165) is 70.8 Å². The van der Waals surface area contributed by atoms with Crippen LogP contribution in [0.2, 0.25) is 0 Å². The quantitative estimate of drug-likeness (QED) is 0.125. The van der Waals surface area contributed by atoms with Crippen molar-refractivity contribution in [3.63, 3.8) is 0 Å². The van der Waals surface area contributed by atoms with Crippen molar-refractivity contribution < 1.29 is 14.0 Å². The summed E-state index contributed by atoms with van der Waals surface area (Å²) in [7, 11) is 3.58. The van der Waals surface area contributed by atoms with Gasteiger partial charge in [0.1, 0.15) is 23.5 Å². The highest BCUT2D eigenvalue weighted by Gasteiger charge is 2.32. The summed E-state index contributed by atoms with van der Waals surface area (Å²) in [6, 6.07) is 32.2. The first-order valence-electron chi connectivity index (χ1n) is 18.6. The van der Waals surface area contributed by atoms with Crippen molar-refractivity contribution in [1.29, 1.82) is 0 Å². The molecule has 2 atom stereocenters. The Morgan fingerprint density at radius 2 is 1.43 bits per heavy atom. The zero-order chi connectivity index (χ0) is 37.6. The number of amides is 2. The number of likely N-dealkylation sites (tertiary alicyclic amines) is 1. The van der Waals surface area contributed by atoms with E-state index in [1.165, 1.54) is 6.07 Å². The second kappa shape index (κ2) is 16.4. The van der Waals surface area contributed by atoms with Crippen LogP contribution in [0.4, 0.5) is 4.39 Å². The van der Waals surface area contributed by atoms with Crippen LogP contribution in [0.5, 0.6) is 0 Å². The summed E-state index contributed by atoms with van der Waals surface area (Å²) in [6.45, 7) is 3.58. The molecule has 3 heterocycles. The van der Waals surface area contributed by atoms with E-state index >= 15 is 0 Å². The maximum Gasteiger partial charge on any atom is 0.245 e. The summed E-state index contributed by atoms with van der Waals surface area (Å²) in [5.41, 5.74) is 7.34. The van der Waals surface area contributed by atoms with Crippen LogP contribution in [0.25, 0.3) is 33.6 Å². The zero-order valence-corrected chi connectivity index (χ0v) is 31.0. The van der Waals surface area contributed by atoms with Crippen molar-refractivity contribution in [2.75, 3.05) is 27.2 Å². The van der Waals surface area contributed by atoms with Crippen molar-refractivity contribution in [2.45, 2.75) is 51.2 Å². The lowest BCUT2D eigenvalue weighted by molar-refractivity contribution is -0.137. The van der Waals surface area contributed by atoms with Gasteiger partial charge in [0.25, 0.3) is 0 Å². The first-order valence-corrected chi connectivity index (χ1v) is 18.6. The van der Waals surface area contributed by atoms with Crippen molar-refractivity contribution in [2.24, 2.45) is 0 Å². The molecule has 0 unspecified atom stereocenters. The molecule has 2 aromatic heterocycles. The minimum Gasteiger partial charge on any atom is -0.341 e. The Bertz CT molecular complexity index is 2180. The van der Waals surface area contributed by atoms with E-state index < -0.39 is 11.9 Å². The third-order valence-corrected chi connectivity index (χ3v) is 10.1. The van der Waals surface area contributed by atoms with Crippen LogP contribution < -0.4 is 0 Å². The van der Waals surface area contributed by atoms with Gasteiger partial charge in [-0.3, -0.25) is 14.5 Å². The number of halogens is 1. The minimum atomic E-state index is -0.740. The van der Waals surface area contributed by atoms with Crippen LogP contribution >= 0.6 is 0 Å². The smallest absolute Gasteiger partial charge is 0.245 e. The number of carbonyl (C=O) groups excluding carboxylic acids is 2. The van der Waals surface area contributed by atoms with Gasteiger partial charge >= 0.3 is 0 Å². The number of hydrogen-bond acceptors (Lipinski definition) is 5. The molecule has 2 N–H and O–H groups in total. The van der Waals surface area contributed by atoms with Crippen molar-refractivity contribution >= 4 is 11.8 Å². The lowest BCUT2D eigenvalue weighted by Crippen LogP contribution is -2.41. The van der Waals surface area contributed by atoms with Gasteiger partial charge in [0, 0.05) is 18.7 Å². The van der Waals surface area contributed by atoms with Crippen molar-refractivity contribution in [3.8, 4) is 33.6 Å². The van der Waals surface area contributed by atoms with Crippen molar-refractivity contribution in [1.82, 2.24) is 34.6 Å². The summed E-state index contributed by atoms with van der Waals surface area (Å²) < 4.78 is 14.8. The van der Waals surface area contributed by atoms with Crippen LogP contribution in [0, 0.1) is 5.82 Å². The molecule has 10 heteroatoms. The molecule has 6 aromatic rings. The number of aromatic amines is 2. The number of imidazole rings is 2. The molecule has 1 aliphatic rings. The van der Waals surface area contributed by atoms with E-state index in [1.54, 1.807) is 48.3 Å². The maximum absolute atomic E-state index is 14.8. The molecule has 1 aliphatic heterocycles. The van der Waals surface area contributed by atoms with E-state index in [-0.39, 0.29) is 17.9 Å². The first kappa shape index (κ1) is 36.5. The Balaban J connectivity index is 0.995. The SMILES string of the molecule is CCCN(Cc1ncc(-c2ccc(-c3ccc(-c4cnc([C@@H]5CCCN5C(=O)Cc5ccccc5)[nH]4)cc3)cc2)[nH]1)C(=O)[C@@H](c1ccccc1F)N(C)C. The normalized spacial score (nSPS) is 14.8. The molecule has 1 fully saturated rings. The molecule has 0 aliphatic carbocycles. The summed E-state index contributed by atoms with van der Waals surface area (Å²) in [5, 5.41) is 0. The number of hydrogen-bond donors (Lipinski definition) is 2. The van der Waals surface area contributed by atoms with Crippen LogP contribution in [-0.2, 0) is 22.6 Å². The number of benzene rings is 4. The number of aromatic nitrogens is 4.